The summed E-state index contributed by atoms with van der Waals surface area (Å²) in [7, 11) is 0. The molecule has 2 saturated heterocycles. The van der Waals surface area contributed by atoms with Gasteiger partial charge in [0.2, 0.25) is 5.91 Å². The SMILES string of the molecule is O=C(c1ccsc1)N1CCCN(C(=O)C2CSCN2)CC1. The Labute approximate surface area is 132 Å². The van der Waals surface area contributed by atoms with Crippen LogP contribution in [-0.2, 0) is 4.79 Å². The van der Waals surface area contributed by atoms with Gasteiger partial charge in [0.25, 0.3) is 5.91 Å². The molecule has 2 fully saturated rings. The van der Waals surface area contributed by atoms with Gasteiger partial charge < -0.3 is 9.80 Å². The fraction of sp³-hybridized carbons (Fsp3) is 0.571. The molecular formula is C14H19N3O2S2. The van der Waals surface area contributed by atoms with E-state index in [0.717, 1.165) is 36.7 Å². The molecule has 114 valence electrons. The first kappa shape index (κ1) is 14.9. The molecule has 1 aromatic heterocycles. The highest BCUT2D eigenvalue weighted by Gasteiger charge is 2.29. The van der Waals surface area contributed by atoms with E-state index in [2.05, 4.69) is 5.32 Å². The fourth-order valence-corrected chi connectivity index (χ4v) is 4.25. The highest BCUT2D eigenvalue weighted by Crippen LogP contribution is 2.15. The number of hydrogen-bond acceptors (Lipinski definition) is 5. The molecule has 1 N–H and O–H groups in total. The molecule has 0 aromatic carbocycles. The van der Waals surface area contributed by atoms with Gasteiger partial charge in [-0.3, -0.25) is 14.9 Å². The number of carbonyl (C=O) groups excluding carboxylic acids is 2. The number of thioether (sulfide) groups is 1. The Morgan fingerprint density at radius 3 is 2.71 bits per heavy atom. The molecule has 1 atom stereocenters. The maximum Gasteiger partial charge on any atom is 0.254 e. The average molecular weight is 325 g/mol. The lowest BCUT2D eigenvalue weighted by Crippen LogP contribution is -2.46. The summed E-state index contributed by atoms with van der Waals surface area (Å²) in [5.41, 5.74) is 0.758. The first-order chi connectivity index (χ1) is 10.3. The van der Waals surface area contributed by atoms with Crippen LogP contribution in [0.15, 0.2) is 16.8 Å². The van der Waals surface area contributed by atoms with Crippen molar-refractivity contribution in [2.24, 2.45) is 0 Å². The van der Waals surface area contributed by atoms with Gasteiger partial charge in [0.1, 0.15) is 0 Å². The Morgan fingerprint density at radius 1 is 1.19 bits per heavy atom. The van der Waals surface area contributed by atoms with Gasteiger partial charge in [-0.2, -0.15) is 11.3 Å². The van der Waals surface area contributed by atoms with E-state index in [4.69, 9.17) is 0 Å². The Kier molecular flexibility index (Phi) is 4.82. The first-order valence-electron chi connectivity index (χ1n) is 7.17. The molecule has 1 unspecified atom stereocenters. The third-order valence-electron chi connectivity index (χ3n) is 3.88. The summed E-state index contributed by atoms with van der Waals surface area (Å²) in [4.78, 5) is 28.5. The Bertz CT molecular complexity index is 500. The number of amides is 2. The van der Waals surface area contributed by atoms with E-state index in [1.54, 1.807) is 11.8 Å². The molecular weight excluding hydrogens is 306 g/mol. The normalized spacial score (nSPS) is 23.1. The topological polar surface area (TPSA) is 52.7 Å². The van der Waals surface area contributed by atoms with Crippen LogP contribution in [0.3, 0.4) is 0 Å². The van der Waals surface area contributed by atoms with Crippen molar-refractivity contribution in [3.05, 3.63) is 22.4 Å². The fourth-order valence-electron chi connectivity index (χ4n) is 2.68. The smallest absolute Gasteiger partial charge is 0.254 e. The lowest BCUT2D eigenvalue weighted by Gasteiger charge is -2.24. The minimum atomic E-state index is -0.0471. The van der Waals surface area contributed by atoms with Gasteiger partial charge in [0.05, 0.1) is 11.6 Å². The third-order valence-corrected chi connectivity index (χ3v) is 5.50. The monoisotopic (exact) mass is 325 g/mol. The third kappa shape index (κ3) is 3.41. The lowest BCUT2D eigenvalue weighted by molar-refractivity contribution is -0.132. The van der Waals surface area contributed by atoms with E-state index < -0.39 is 0 Å². The van der Waals surface area contributed by atoms with Gasteiger partial charge in [-0.15, -0.1) is 11.8 Å². The van der Waals surface area contributed by atoms with Gasteiger partial charge in [0, 0.05) is 43.2 Å². The van der Waals surface area contributed by atoms with E-state index in [1.165, 1.54) is 11.3 Å². The highest BCUT2D eigenvalue weighted by atomic mass is 32.2. The maximum absolute atomic E-state index is 12.4. The summed E-state index contributed by atoms with van der Waals surface area (Å²) < 4.78 is 0. The number of nitrogens with zero attached hydrogens (tertiary/aromatic N) is 2. The van der Waals surface area contributed by atoms with Crippen LogP contribution in [0.1, 0.15) is 16.8 Å². The molecule has 2 aliphatic heterocycles. The second-order valence-corrected chi connectivity index (χ2v) is 7.07. The van der Waals surface area contributed by atoms with E-state index >= 15 is 0 Å². The molecule has 7 heteroatoms. The van der Waals surface area contributed by atoms with Crippen LogP contribution in [0.25, 0.3) is 0 Å². The molecule has 2 amide bonds. The van der Waals surface area contributed by atoms with Crippen molar-refractivity contribution >= 4 is 34.9 Å². The number of hydrogen-bond donors (Lipinski definition) is 1. The summed E-state index contributed by atoms with van der Waals surface area (Å²) in [6.07, 6.45) is 0.849. The summed E-state index contributed by atoms with van der Waals surface area (Å²) in [6.45, 7) is 2.73. The van der Waals surface area contributed by atoms with Crippen molar-refractivity contribution in [2.75, 3.05) is 37.8 Å². The van der Waals surface area contributed by atoms with Crippen LogP contribution < -0.4 is 5.32 Å². The van der Waals surface area contributed by atoms with Gasteiger partial charge in [-0.25, -0.2) is 0 Å². The zero-order valence-corrected chi connectivity index (χ0v) is 13.4. The van der Waals surface area contributed by atoms with Crippen LogP contribution in [0.5, 0.6) is 0 Å². The summed E-state index contributed by atoms with van der Waals surface area (Å²) >= 11 is 3.30. The predicted molar refractivity (Wildman–Crippen MR) is 85.7 cm³/mol. The number of carbonyl (C=O) groups is 2. The molecule has 3 heterocycles. The van der Waals surface area contributed by atoms with Crippen LogP contribution >= 0.6 is 23.1 Å². The van der Waals surface area contributed by atoms with Crippen LogP contribution in [-0.4, -0.2) is 65.5 Å². The summed E-state index contributed by atoms with van der Waals surface area (Å²) in [6, 6.07) is 1.81. The summed E-state index contributed by atoms with van der Waals surface area (Å²) in [5, 5.41) is 7.03. The molecule has 3 rings (SSSR count). The van der Waals surface area contributed by atoms with E-state index in [-0.39, 0.29) is 17.9 Å². The van der Waals surface area contributed by atoms with E-state index in [1.807, 2.05) is 26.6 Å². The van der Waals surface area contributed by atoms with Gasteiger partial charge in [-0.1, -0.05) is 0 Å². The standard InChI is InChI=1S/C14H19N3O2S2/c18-13(11-2-7-20-8-11)16-3-1-4-17(6-5-16)14(19)12-9-21-10-15-12/h2,7-8,12,15H,1,3-6,9-10H2. The zero-order chi connectivity index (χ0) is 14.7. The van der Waals surface area contributed by atoms with Crippen LogP contribution in [0.4, 0.5) is 0 Å². The average Bonchev–Trinajstić information content (AvgIpc) is 3.15. The summed E-state index contributed by atoms with van der Waals surface area (Å²) in [5.74, 6) is 1.98. The number of rotatable bonds is 2. The predicted octanol–water partition coefficient (Wildman–Crippen LogP) is 1.09. The van der Waals surface area contributed by atoms with Crippen molar-refractivity contribution in [3.63, 3.8) is 0 Å². The van der Waals surface area contributed by atoms with Crippen molar-refractivity contribution in [1.82, 2.24) is 15.1 Å². The molecule has 0 spiro atoms. The largest absolute Gasteiger partial charge is 0.339 e. The lowest BCUT2D eigenvalue weighted by atomic mass is 10.2. The Morgan fingerprint density at radius 2 is 2.00 bits per heavy atom. The molecule has 1 aromatic rings. The second kappa shape index (κ2) is 6.81. The van der Waals surface area contributed by atoms with Crippen molar-refractivity contribution in [2.45, 2.75) is 12.5 Å². The highest BCUT2D eigenvalue weighted by molar-refractivity contribution is 7.99. The number of nitrogens with one attached hydrogen (secondary N) is 1. The molecule has 0 radical (unpaired) electrons. The molecule has 2 aliphatic rings. The van der Waals surface area contributed by atoms with E-state index in [9.17, 15) is 9.59 Å². The number of thiophene rings is 1. The zero-order valence-electron chi connectivity index (χ0n) is 11.8. The van der Waals surface area contributed by atoms with Crippen molar-refractivity contribution in [3.8, 4) is 0 Å². The Balaban J connectivity index is 1.59. The van der Waals surface area contributed by atoms with Gasteiger partial charge in [-0.05, 0) is 17.9 Å². The molecule has 0 saturated carbocycles. The quantitative estimate of drug-likeness (QED) is 0.884. The first-order valence-corrected chi connectivity index (χ1v) is 9.27. The van der Waals surface area contributed by atoms with E-state index in [0.29, 0.717) is 13.1 Å². The minimum Gasteiger partial charge on any atom is -0.339 e. The van der Waals surface area contributed by atoms with Crippen molar-refractivity contribution in [1.29, 1.82) is 0 Å². The van der Waals surface area contributed by atoms with Crippen molar-refractivity contribution < 1.29 is 9.59 Å². The maximum atomic E-state index is 12.4. The van der Waals surface area contributed by atoms with Gasteiger partial charge >= 0.3 is 0 Å². The van der Waals surface area contributed by atoms with Crippen LogP contribution in [0.2, 0.25) is 0 Å². The second-order valence-electron chi connectivity index (χ2n) is 5.25. The van der Waals surface area contributed by atoms with Gasteiger partial charge in [0.15, 0.2) is 0 Å². The minimum absolute atomic E-state index is 0.0471. The molecule has 0 bridgehead atoms. The Hall–Kier alpha value is -1.05. The molecule has 21 heavy (non-hydrogen) atoms. The molecule has 5 nitrogen and oxygen atoms in total. The van der Waals surface area contributed by atoms with Crippen LogP contribution in [0, 0.1) is 0 Å². The molecule has 0 aliphatic carbocycles.